The van der Waals surface area contributed by atoms with Gasteiger partial charge in [0.1, 0.15) is 12.2 Å². The van der Waals surface area contributed by atoms with Crippen LogP contribution in [0.3, 0.4) is 0 Å². The summed E-state index contributed by atoms with van der Waals surface area (Å²) in [7, 11) is 2.09. The standard InChI is InChI=1S/C29H33N9S/c1-30-27(21-6-5-13-37(14-12-21)18-24-7-3-4-15-39-24)19-36(2)23-9-10-26-25(16-23)29(34-33-26)22-8-11-28-31-20-32-38(17-22)35-28/h3,7-11,15-17,19-21,29,33-34H,1,5-6,12-14,18H2,2H3,(H,31,32,35)/b27-19-/t21-,29?/m1/s1. The summed E-state index contributed by atoms with van der Waals surface area (Å²) in [5.74, 6) is 1.16. The van der Waals surface area contributed by atoms with Gasteiger partial charge < -0.3 is 10.3 Å². The van der Waals surface area contributed by atoms with Crippen LogP contribution in [0.2, 0.25) is 0 Å². The number of fused-ring (bicyclic) bond motifs is 3. The van der Waals surface area contributed by atoms with Crippen LogP contribution in [0, 0.1) is 5.92 Å². The molecule has 3 N–H and O–H groups in total. The van der Waals surface area contributed by atoms with Gasteiger partial charge in [-0.25, -0.2) is 10.4 Å². The van der Waals surface area contributed by atoms with Gasteiger partial charge in [0.05, 0.1) is 23.6 Å². The molecule has 1 unspecified atom stereocenters. The van der Waals surface area contributed by atoms with Crippen molar-refractivity contribution in [2.45, 2.75) is 25.3 Å². The van der Waals surface area contributed by atoms with Crippen LogP contribution in [-0.2, 0) is 0 Å². The van der Waals surface area contributed by atoms with Crippen LogP contribution in [0.5, 0.6) is 0 Å². The van der Waals surface area contributed by atoms with Gasteiger partial charge in [-0.15, -0.1) is 10.8 Å². The first-order chi connectivity index (χ1) is 19.2. The average Bonchev–Trinajstić information content (AvgIpc) is 3.17. The van der Waals surface area contributed by atoms with Crippen LogP contribution in [0.15, 0.2) is 97.3 Å². The molecule has 1 aromatic rings. The third-order valence-corrected chi connectivity index (χ3v) is 8.34. The zero-order valence-corrected chi connectivity index (χ0v) is 22.9. The zero-order chi connectivity index (χ0) is 26.6. The summed E-state index contributed by atoms with van der Waals surface area (Å²) in [4.78, 5) is 14.9. The molecule has 0 radical (unpaired) electrons. The molecule has 1 fully saturated rings. The van der Waals surface area contributed by atoms with Crippen molar-refractivity contribution < 1.29 is 0 Å². The van der Waals surface area contributed by atoms with Crippen molar-refractivity contribution in [3.63, 3.8) is 0 Å². The number of nitrogens with one attached hydrogen (secondary N) is 3. The second-order valence-corrected chi connectivity index (χ2v) is 11.1. The molecule has 5 aliphatic rings. The lowest BCUT2D eigenvalue weighted by molar-refractivity contribution is 0.310. The van der Waals surface area contributed by atoms with E-state index in [1.165, 1.54) is 10.5 Å². The fraction of sp³-hybridized carbons (Fsp3) is 0.310. The van der Waals surface area contributed by atoms with Gasteiger partial charge in [0.15, 0.2) is 0 Å². The Hall–Kier alpha value is -3.82. The van der Waals surface area contributed by atoms with Crippen molar-refractivity contribution in [3.8, 4) is 0 Å². The molecule has 9 nitrogen and oxygen atoms in total. The van der Waals surface area contributed by atoms with Crippen molar-refractivity contribution in [2.24, 2.45) is 21.0 Å². The number of aliphatic imine (C=N–C) groups is 2. The predicted octanol–water partition coefficient (Wildman–Crippen LogP) is 4.65. The molecule has 6 rings (SSSR count). The molecule has 1 aromatic carbocycles. The number of thioether (sulfide) groups is 1. The number of anilines is 2. The quantitative estimate of drug-likeness (QED) is 0.344. The topological polar surface area (TPSA) is 82.9 Å². The van der Waals surface area contributed by atoms with E-state index in [0.29, 0.717) is 5.92 Å². The van der Waals surface area contributed by atoms with Gasteiger partial charge in [0, 0.05) is 47.3 Å². The number of nitrogens with zero attached hydrogens (tertiary/aromatic N) is 6. The Kier molecular flexibility index (Phi) is 7.51. The summed E-state index contributed by atoms with van der Waals surface area (Å²) >= 11 is 1.78. The minimum atomic E-state index is -0.0289. The Morgan fingerprint density at radius 1 is 1.31 bits per heavy atom. The molecule has 5 aliphatic heterocycles. The molecule has 0 aromatic heterocycles. The number of likely N-dealkylation sites (tertiary alicyclic amines) is 1. The maximum Gasteiger partial charge on any atom is 0.148 e. The van der Waals surface area contributed by atoms with Crippen molar-refractivity contribution in [3.05, 3.63) is 87.8 Å². The molecule has 2 atom stereocenters. The van der Waals surface area contributed by atoms with E-state index in [9.17, 15) is 0 Å². The number of hydrogen-bond donors (Lipinski definition) is 3. The first kappa shape index (κ1) is 25.5. The van der Waals surface area contributed by atoms with E-state index in [-0.39, 0.29) is 6.04 Å². The molecule has 5 heterocycles. The molecular formula is C29H33N9S. The van der Waals surface area contributed by atoms with E-state index < -0.39 is 0 Å². The van der Waals surface area contributed by atoms with Gasteiger partial charge in [0.2, 0.25) is 0 Å². The second-order valence-electron chi connectivity index (χ2n) is 10.1. The first-order valence-electron chi connectivity index (χ1n) is 13.3. The van der Waals surface area contributed by atoms with E-state index in [2.05, 4.69) is 97.2 Å². The van der Waals surface area contributed by atoms with Gasteiger partial charge >= 0.3 is 0 Å². The van der Waals surface area contributed by atoms with Crippen LogP contribution < -0.4 is 21.2 Å². The van der Waals surface area contributed by atoms with Crippen LogP contribution in [0.4, 0.5) is 11.4 Å². The summed E-state index contributed by atoms with van der Waals surface area (Å²) in [5, 5.41) is 7.98. The average molecular weight is 540 g/mol. The van der Waals surface area contributed by atoms with E-state index in [4.69, 9.17) is 0 Å². The molecule has 0 aliphatic carbocycles. The van der Waals surface area contributed by atoms with Crippen molar-refractivity contribution in [1.29, 1.82) is 0 Å². The highest BCUT2D eigenvalue weighted by Crippen LogP contribution is 2.37. The van der Waals surface area contributed by atoms with E-state index >= 15 is 0 Å². The number of rotatable bonds is 7. The Bertz CT molecular complexity index is 1380. The lowest BCUT2D eigenvalue weighted by Crippen LogP contribution is -2.35. The lowest BCUT2D eigenvalue weighted by Gasteiger charge is -2.22. The highest BCUT2D eigenvalue weighted by atomic mass is 32.2. The lowest BCUT2D eigenvalue weighted by atomic mass is 9.97. The normalized spacial score (nSPS) is 24.1. The van der Waals surface area contributed by atoms with Crippen molar-refractivity contribution in [2.75, 3.05) is 37.0 Å². The largest absolute Gasteiger partial charge is 0.349 e. The predicted molar refractivity (Wildman–Crippen MR) is 162 cm³/mol. The number of hydrazine groups is 2. The summed E-state index contributed by atoms with van der Waals surface area (Å²) in [6.07, 6.45) is 17.3. The minimum Gasteiger partial charge on any atom is -0.349 e. The number of allylic oxidation sites excluding steroid dienone is 3. The molecule has 0 spiro atoms. The van der Waals surface area contributed by atoms with E-state index in [1.807, 2.05) is 23.8 Å². The highest BCUT2D eigenvalue weighted by Gasteiger charge is 2.27. The summed E-state index contributed by atoms with van der Waals surface area (Å²) in [6.45, 7) is 7.12. The zero-order valence-electron chi connectivity index (χ0n) is 22.0. The monoisotopic (exact) mass is 539 g/mol. The maximum absolute atomic E-state index is 4.50. The fourth-order valence-corrected chi connectivity index (χ4v) is 6.11. The Morgan fingerprint density at radius 3 is 3.13 bits per heavy atom. The van der Waals surface area contributed by atoms with Crippen molar-refractivity contribution >= 4 is 42.0 Å². The van der Waals surface area contributed by atoms with Crippen LogP contribution in [0.25, 0.3) is 0 Å². The molecule has 1 saturated heterocycles. The fourth-order valence-electron chi connectivity index (χ4n) is 5.41. The van der Waals surface area contributed by atoms with Crippen LogP contribution in [0.1, 0.15) is 30.9 Å². The summed E-state index contributed by atoms with van der Waals surface area (Å²) in [6, 6.07) is 6.45. The number of hydrogen-bond acceptors (Lipinski definition) is 10. The van der Waals surface area contributed by atoms with Gasteiger partial charge in [-0.05, 0) is 81.1 Å². The van der Waals surface area contributed by atoms with Gasteiger partial charge in [-0.2, -0.15) is 5.12 Å². The summed E-state index contributed by atoms with van der Waals surface area (Å²) < 4.78 is 0. The minimum absolute atomic E-state index is 0.0289. The van der Waals surface area contributed by atoms with Crippen LogP contribution >= 0.6 is 11.8 Å². The molecule has 200 valence electrons. The Balaban J connectivity index is 1.16. The Morgan fingerprint density at radius 2 is 2.26 bits per heavy atom. The molecule has 0 amide bonds. The number of benzene rings is 1. The Labute approximate surface area is 233 Å². The van der Waals surface area contributed by atoms with Crippen LogP contribution in [-0.4, -0.2) is 55.6 Å². The first-order valence-corrected chi connectivity index (χ1v) is 14.2. The molecule has 39 heavy (non-hydrogen) atoms. The molecule has 0 saturated carbocycles. The van der Waals surface area contributed by atoms with Gasteiger partial charge in [-0.3, -0.25) is 15.3 Å². The highest BCUT2D eigenvalue weighted by molar-refractivity contribution is 8.05. The maximum atomic E-state index is 4.50. The summed E-state index contributed by atoms with van der Waals surface area (Å²) in [5.41, 5.74) is 18.5. The van der Waals surface area contributed by atoms with E-state index in [0.717, 1.165) is 67.4 Å². The molecule has 2 bridgehead atoms. The van der Waals surface area contributed by atoms with E-state index in [1.54, 1.807) is 23.2 Å². The SMILES string of the molecule is C=N/C(=C\N(C)c1ccc2c(c1)C(C1=CN3N=CN=C(C=C1)N3)NN2)[C@@H]1CCCN(CC2=CC=C=CS2)CC1. The third kappa shape index (κ3) is 5.79. The van der Waals surface area contributed by atoms with Gasteiger partial charge in [-0.1, -0.05) is 17.8 Å². The molecule has 10 heteroatoms. The number of hydrazone groups is 1. The third-order valence-electron chi connectivity index (χ3n) is 7.52. The number of amidine groups is 1. The molecular weight excluding hydrogens is 506 g/mol. The smallest absolute Gasteiger partial charge is 0.148 e. The van der Waals surface area contributed by atoms with Gasteiger partial charge in [0.25, 0.3) is 0 Å². The second kappa shape index (κ2) is 11.5. The van der Waals surface area contributed by atoms with Crippen molar-refractivity contribution in [1.82, 2.24) is 20.9 Å².